The molecule has 0 N–H and O–H groups in total. The lowest BCUT2D eigenvalue weighted by Gasteiger charge is -2.19. The van der Waals surface area contributed by atoms with Crippen LogP contribution in [0, 0.1) is 0 Å². The summed E-state index contributed by atoms with van der Waals surface area (Å²) in [6.45, 7) is 2.49. The monoisotopic (exact) mass is 266 g/mol. The molecule has 5 nitrogen and oxygen atoms in total. The minimum absolute atomic E-state index is 0.204. The van der Waals surface area contributed by atoms with E-state index in [9.17, 15) is 8.42 Å². The minimum atomic E-state index is -3.50. The van der Waals surface area contributed by atoms with Gasteiger partial charge in [-0.05, 0) is 18.2 Å². The normalized spacial score (nSPS) is 11.9. The molecule has 0 saturated carbocycles. The van der Waals surface area contributed by atoms with E-state index in [1.54, 1.807) is 37.6 Å². The number of rotatable bonds is 5. The number of hydrogen-bond acceptors (Lipinski definition) is 4. The van der Waals surface area contributed by atoms with Gasteiger partial charge in [0.1, 0.15) is 4.90 Å². The molecule has 6 heteroatoms. The molecule has 0 fully saturated rings. The van der Waals surface area contributed by atoms with Gasteiger partial charge in [0.25, 0.3) is 0 Å². The molecule has 0 aliphatic rings. The molecule has 0 aromatic carbocycles. The number of nitrogens with zero attached hydrogens (tertiary/aromatic N) is 2. The summed E-state index contributed by atoms with van der Waals surface area (Å²) in [4.78, 5) is 4.04. The van der Waals surface area contributed by atoms with Crippen LogP contribution in [-0.4, -0.2) is 24.3 Å². The van der Waals surface area contributed by atoms with Crippen LogP contribution in [-0.2, 0) is 16.6 Å². The van der Waals surface area contributed by atoms with Gasteiger partial charge in [0, 0.05) is 31.0 Å². The van der Waals surface area contributed by atoms with E-state index in [0.717, 1.165) is 5.56 Å². The summed E-state index contributed by atoms with van der Waals surface area (Å²) in [5.41, 5.74) is 0.823. The topological polar surface area (TPSA) is 63.4 Å². The first-order valence-corrected chi connectivity index (χ1v) is 7.00. The number of hydrogen-bond donors (Lipinski definition) is 0. The first-order chi connectivity index (χ1) is 8.64. The van der Waals surface area contributed by atoms with E-state index in [2.05, 4.69) is 4.98 Å². The molecule has 96 valence electrons. The molecular weight excluding hydrogens is 252 g/mol. The third-order valence-electron chi connectivity index (χ3n) is 2.56. The largest absolute Gasteiger partial charge is 0.472 e. The molecule has 0 atom stereocenters. The van der Waals surface area contributed by atoms with E-state index in [4.69, 9.17) is 4.42 Å². The molecule has 0 bridgehead atoms. The average Bonchev–Trinajstić information content (AvgIpc) is 2.89. The van der Waals surface area contributed by atoms with Crippen molar-refractivity contribution in [3.05, 3.63) is 48.7 Å². The second-order valence-corrected chi connectivity index (χ2v) is 5.69. The van der Waals surface area contributed by atoms with Crippen molar-refractivity contribution in [2.45, 2.75) is 18.4 Å². The molecule has 2 heterocycles. The third kappa shape index (κ3) is 2.60. The van der Waals surface area contributed by atoms with Gasteiger partial charge in [-0.3, -0.25) is 4.98 Å². The van der Waals surface area contributed by atoms with Crippen LogP contribution in [0.15, 0.2) is 52.4 Å². The van der Waals surface area contributed by atoms with Crippen molar-refractivity contribution in [2.75, 3.05) is 6.54 Å². The molecule has 0 aliphatic heterocycles. The van der Waals surface area contributed by atoms with E-state index in [1.165, 1.54) is 16.8 Å². The molecule has 0 saturated heterocycles. The van der Waals surface area contributed by atoms with E-state index in [-0.39, 0.29) is 4.90 Å². The van der Waals surface area contributed by atoms with Gasteiger partial charge in [0.2, 0.25) is 10.0 Å². The van der Waals surface area contributed by atoms with Crippen molar-refractivity contribution in [1.29, 1.82) is 0 Å². The fourth-order valence-electron chi connectivity index (χ4n) is 1.60. The number of pyridine rings is 1. The van der Waals surface area contributed by atoms with E-state index in [0.29, 0.717) is 13.1 Å². The molecule has 2 aromatic heterocycles. The summed E-state index contributed by atoms with van der Waals surface area (Å²) in [6.07, 6.45) is 5.97. The maximum absolute atomic E-state index is 12.3. The Bertz CT molecular complexity index is 579. The van der Waals surface area contributed by atoms with Crippen molar-refractivity contribution < 1.29 is 12.8 Å². The van der Waals surface area contributed by atoms with Crippen LogP contribution in [0.1, 0.15) is 12.5 Å². The van der Waals surface area contributed by atoms with E-state index < -0.39 is 10.0 Å². The van der Waals surface area contributed by atoms with Crippen molar-refractivity contribution in [3.8, 4) is 0 Å². The quantitative estimate of drug-likeness (QED) is 0.829. The molecule has 0 radical (unpaired) electrons. The zero-order valence-corrected chi connectivity index (χ0v) is 10.8. The van der Waals surface area contributed by atoms with Crippen LogP contribution in [0.25, 0.3) is 0 Å². The first-order valence-electron chi connectivity index (χ1n) is 5.56. The maximum atomic E-state index is 12.3. The van der Waals surface area contributed by atoms with Crippen molar-refractivity contribution in [1.82, 2.24) is 9.29 Å². The van der Waals surface area contributed by atoms with Gasteiger partial charge in [-0.1, -0.05) is 6.92 Å². The van der Waals surface area contributed by atoms with Crippen molar-refractivity contribution >= 4 is 10.0 Å². The zero-order valence-electron chi connectivity index (χ0n) is 9.98. The lowest BCUT2D eigenvalue weighted by Crippen LogP contribution is -2.30. The van der Waals surface area contributed by atoms with Gasteiger partial charge in [-0.15, -0.1) is 0 Å². The first kappa shape index (κ1) is 12.8. The molecule has 2 rings (SSSR count). The van der Waals surface area contributed by atoms with Crippen molar-refractivity contribution in [2.24, 2.45) is 0 Å². The molecule has 2 aromatic rings. The van der Waals surface area contributed by atoms with Crippen LogP contribution in [0.3, 0.4) is 0 Å². The molecule has 0 amide bonds. The smallest absolute Gasteiger partial charge is 0.244 e. The van der Waals surface area contributed by atoms with Crippen molar-refractivity contribution in [3.63, 3.8) is 0 Å². The van der Waals surface area contributed by atoms with Gasteiger partial charge >= 0.3 is 0 Å². The van der Waals surface area contributed by atoms with Gasteiger partial charge in [-0.2, -0.15) is 4.31 Å². The number of furan rings is 1. The summed E-state index contributed by atoms with van der Waals surface area (Å²) >= 11 is 0. The maximum Gasteiger partial charge on any atom is 0.244 e. The van der Waals surface area contributed by atoms with E-state index >= 15 is 0 Å². The lowest BCUT2D eigenvalue weighted by molar-refractivity contribution is 0.421. The Balaban J connectivity index is 2.27. The summed E-state index contributed by atoms with van der Waals surface area (Å²) in [6, 6.07) is 4.90. The standard InChI is InChI=1S/C12H14N2O3S/c1-2-14(9-11-5-7-17-10-11)18(15,16)12-4-3-6-13-8-12/h3-8,10H,2,9H2,1H3. The Kier molecular flexibility index (Phi) is 3.78. The second kappa shape index (κ2) is 5.32. The van der Waals surface area contributed by atoms with Crippen LogP contribution < -0.4 is 0 Å². The van der Waals surface area contributed by atoms with Crippen LogP contribution in [0.5, 0.6) is 0 Å². The molecular formula is C12H14N2O3S. The highest BCUT2D eigenvalue weighted by atomic mass is 32.2. The summed E-state index contributed by atoms with van der Waals surface area (Å²) in [5.74, 6) is 0. The second-order valence-electron chi connectivity index (χ2n) is 3.75. The Morgan fingerprint density at radius 2 is 2.22 bits per heavy atom. The van der Waals surface area contributed by atoms with Gasteiger partial charge in [0.15, 0.2) is 0 Å². The third-order valence-corrected chi connectivity index (χ3v) is 4.47. The highest BCUT2D eigenvalue weighted by Gasteiger charge is 2.23. The van der Waals surface area contributed by atoms with Gasteiger partial charge < -0.3 is 4.42 Å². The fourth-order valence-corrected chi connectivity index (χ4v) is 3.00. The SMILES string of the molecule is CCN(Cc1ccoc1)S(=O)(=O)c1cccnc1. The summed E-state index contributed by atoms with van der Waals surface area (Å²) < 4.78 is 31.0. The number of sulfonamides is 1. The predicted octanol–water partition coefficient (Wildman–Crippen LogP) is 1.89. The Labute approximate surface area is 106 Å². The molecule has 18 heavy (non-hydrogen) atoms. The number of aromatic nitrogens is 1. The molecule has 0 aliphatic carbocycles. The zero-order chi connectivity index (χ0) is 13.0. The van der Waals surface area contributed by atoms with Gasteiger partial charge in [0.05, 0.1) is 12.5 Å². The lowest BCUT2D eigenvalue weighted by atomic mass is 10.3. The predicted molar refractivity (Wildman–Crippen MR) is 66.2 cm³/mol. The summed E-state index contributed by atoms with van der Waals surface area (Å²) in [7, 11) is -3.50. The van der Waals surface area contributed by atoms with Gasteiger partial charge in [-0.25, -0.2) is 8.42 Å². The molecule has 0 unspecified atom stereocenters. The Morgan fingerprint density at radius 1 is 1.39 bits per heavy atom. The minimum Gasteiger partial charge on any atom is -0.472 e. The van der Waals surface area contributed by atoms with Crippen LogP contribution in [0.4, 0.5) is 0 Å². The Morgan fingerprint density at radius 3 is 2.78 bits per heavy atom. The average molecular weight is 266 g/mol. The van der Waals surface area contributed by atoms with Crippen LogP contribution >= 0.6 is 0 Å². The molecule has 0 spiro atoms. The highest BCUT2D eigenvalue weighted by molar-refractivity contribution is 7.89. The summed E-state index contributed by atoms with van der Waals surface area (Å²) in [5, 5.41) is 0. The van der Waals surface area contributed by atoms with Crippen LogP contribution in [0.2, 0.25) is 0 Å². The Hall–Kier alpha value is -1.66. The fraction of sp³-hybridized carbons (Fsp3) is 0.250. The van der Waals surface area contributed by atoms with E-state index in [1.807, 2.05) is 0 Å². The highest BCUT2D eigenvalue weighted by Crippen LogP contribution is 2.17.